The lowest BCUT2D eigenvalue weighted by molar-refractivity contribution is -0.136. The molecule has 0 N–H and O–H groups in total. The van der Waals surface area contributed by atoms with E-state index in [9.17, 15) is 4.79 Å². The van der Waals surface area contributed by atoms with Gasteiger partial charge in [0.1, 0.15) is 0 Å². The van der Waals surface area contributed by atoms with Gasteiger partial charge in [-0.3, -0.25) is 4.79 Å². The minimum atomic E-state index is -0.233. The molecule has 0 bridgehead atoms. The Labute approximate surface area is 70.6 Å². The van der Waals surface area contributed by atoms with Gasteiger partial charge >= 0.3 is 0 Å². The van der Waals surface area contributed by atoms with Gasteiger partial charge in [-0.05, 0) is 0 Å². The van der Waals surface area contributed by atoms with Crippen LogP contribution in [-0.2, 0) is 4.79 Å². The molecule has 0 radical (unpaired) electrons. The topological polar surface area (TPSA) is 20.3 Å². The lowest BCUT2D eigenvalue weighted by Crippen LogP contribution is -2.33. The van der Waals surface area contributed by atoms with E-state index in [1.54, 1.807) is 19.0 Å². The third-order valence-corrected chi connectivity index (χ3v) is 1.05. The molecule has 1 amide bonds. The number of carbonyl (C=O) groups is 1. The van der Waals surface area contributed by atoms with Crippen LogP contribution in [0.2, 0.25) is 0 Å². The molecule has 0 spiro atoms. The fourth-order valence-electron chi connectivity index (χ4n) is 0.671. The summed E-state index contributed by atoms with van der Waals surface area (Å²) in [6.07, 6.45) is 0. The molecule has 0 fully saturated rings. The van der Waals surface area contributed by atoms with Gasteiger partial charge in [0, 0.05) is 19.5 Å². The van der Waals surface area contributed by atoms with Crippen molar-refractivity contribution in [2.45, 2.75) is 34.6 Å². The van der Waals surface area contributed by atoms with Crippen molar-refractivity contribution in [3.63, 3.8) is 0 Å². The molecular formula is C9H21NO. The second-order valence-corrected chi connectivity index (χ2v) is 3.45. The maximum atomic E-state index is 11.1. The van der Waals surface area contributed by atoms with E-state index >= 15 is 0 Å². The quantitative estimate of drug-likeness (QED) is 0.530. The van der Waals surface area contributed by atoms with Crippen LogP contribution < -0.4 is 0 Å². The largest absolute Gasteiger partial charge is 0.348 e. The summed E-state index contributed by atoms with van der Waals surface area (Å²) in [4.78, 5) is 12.7. The first-order chi connectivity index (χ1) is 4.85. The third-order valence-electron chi connectivity index (χ3n) is 1.05. The zero-order valence-electron chi connectivity index (χ0n) is 8.86. The molecule has 0 aromatic carbocycles. The molecule has 0 aliphatic heterocycles. The minimum Gasteiger partial charge on any atom is -0.348 e. The number of hydrogen-bond donors (Lipinski definition) is 0. The lowest BCUT2D eigenvalue weighted by Gasteiger charge is -2.21. The average molecular weight is 159 g/mol. The summed E-state index contributed by atoms with van der Waals surface area (Å²) in [5.74, 6) is 0.169. The van der Waals surface area contributed by atoms with E-state index in [-0.39, 0.29) is 11.3 Å². The van der Waals surface area contributed by atoms with Gasteiger partial charge < -0.3 is 4.90 Å². The first-order valence-electron chi connectivity index (χ1n) is 4.07. The Bertz CT molecular complexity index is 111. The Morgan fingerprint density at radius 1 is 1.09 bits per heavy atom. The second-order valence-electron chi connectivity index (χ2n) is 3.45. The molecule has 68 valence electrons. The van der Waals surface area contributed by atoms with Gasteiger partial charge in [0.25, 0.3) is 0 Å². The third kappa shape index (κ3) is 5.89. The first-order valence-corrected chi connectivity index (χ1v) is 4.07. The maximum absolute atomic E-state index is 11.1. The molecule has 0 aromatic rings. The molecule has 0 unspecified atom stereocenters. The van der Waals surface area contributed by atoms with Crippen molar-refractivity contribution in [2.24, 2.45) is 5.41 Å². The van der Waals surface area contributed by atoms with E-state index in [0.717, 1.165) is 0 Å². The number of amides is 1. The fourth-order valence-corrected chi connectivity index (χ4v) is 0.671. The van der Waals surface area contributed by atoms with Crippen LogP contribution >= 0.6 is 0 Å². The summed E-state index contributed by atoms with van der Waals surface area (Å²) >= 11 is 0. The monoisotopic (exact) mass is 159 g/mol. The number of hydrogen-bond acceptors (Lipinski definition) is 1. The molecule has 0 heterocycles. The molecule has 0 saturated heterocycles. The molecule has 11 heavy (non-hydrogen) atoms. The van der Waals surface area contributed by atoms with E-state index in [1.807, 2.05) is 34.6 Å². The molecular weight excluding hydrogens is 138 g/mol. The molecule has 2 heteroatoms. The molecule has 0 atom stereocenters. The van der Waals surface area contributed by atoms with Crippen molar-refractivity contribution >= 4 is 5.91 Å². The number of carbonyl (C=O) groups excluding carboxylic acids is 1. The molecule has 2 nitrogen and oxygen atoms in total. The second kappa shape index (κ2) is 5.16. The van der Waals surface area contributed by atoms with Crippen LogP contribution in [0.4, 0.5) is 0 Å². The summed E-state index contributed by atoms with van der Waals surface area (Å²) in [7, 11) is 3.54. The van der Waals surface area contributed by atoms with Crippen LogP contribution in [-0.4, -0.2) is 24.9 Å². The Morgan fingerprint density at radius 3 is 1.36 bits per heavy atom. The van der Waals surface area contributed by atoms with Gasteiger partial charge in [-0.1, -0.05) is 34.6 Å². The van der Waals surface area contributed by atoms with Gasteiger partial charge in [0.05, 0.1) is 0 Å². The molecule has 0 rings (SSSR count). The Kier molecular flexibility index (Phi) is 6.14. The van der Waals surface area contributed by atoms with Gasteiger partial charge in [0.2, 0.25) is 5.91 Å². The van der Waals surface area contributed by atoms with E-state index in [4.69, 9.17) is 0 Å². The molecule has 0 saturated carbocycles. The van der Waals surface area contributed by atoms with Gasteiger partial charge in [0.15, 0.2) is 0 Å². The van der Waals surface area contributed by atoms with Crippen molar-refractivity contribution in [1.29, 1.82) is 0 Å². The maximum Gasteiger partial charge on any atom is 0.227 e. The summed E-state index contributed by atoms with van der Waals surface area (Å²) in [5.41, 5.74) is -0.233. The normalized spacial score (nSPS) is 9.73. The molecule has 0 aromatic heterocycles. The SMILES string of the molecule is CC.CN(C)C(=O)C(C)(C)C. The van der Waals surface area contributed by atoms with Gasteiger partial charge in [-0.15, -0.1) is 0 Å². The van der Waals surface area contributed by atoms with Crippen LogP contribution in [0.5, 0.6) is 0 Å². The summed E-state index contributed by atoms with van der Waals surface area (Å²) in [6.45, 7) is 9.74. The highest BCUT2D eigenvalue weighted by atomic mass is 16.2. The Hall–Kier alpha value is -0.530. The molecule has 0 aliphatic rings. The summed E-state index contributed by atoms with van der Waals surface area (Å²) in [5, 5.41) is 0. The van der Waals surface area contributed by atoms with E-state index in [2.05, 4.69) is 0 Å². The molecule has 0 aliphatic carbocycles. The summed E-state index contributed by atoms with van der Waals surface area (Å²) < 4.78 is 0. The standard InChI is InChI=1S/C7H15NO.C2H6/c1-7(2,3)6(9)8(4)5;1-2/h1-5H3;1-2H3. The highest BCUT2D eigenvalue weighted by molar-refractivity contribution is 5.80. The number of rotatable bonds is 0. The number of nitrogens with zero attached hydrogens (tertiary/aromatic N) is 1. The van der Waals surface area contributed by atoms with Crippen LogP contribution in [0, 0.1) is 5.41 Å². The van der Waals surface area contributed by atoms with Crippen molar-refractivity contribution < 1.29 is 4.79 Å². The van der Waals surface area contributed by atoms with Crippen LogP contribution in [0.3, 0.4) is 0 Å². The smallest absolute Gasteiger partial charge is 0.227 e. The van der Waals surface area contributed by atoms with Gasteiger partial charge in [-0.25, -0.2) is 0 Å². The Balaban J connectivity index is 0. The van der Waals surface area contributed by atoms with Gasteiger partial charge in [-0.2, -0.15) is 0 Å². The van der Waals surface area contributed by atoms with Crippen molar-refractivity contribution in [3.8, 4) is 0 Å². The van der Waals surface area contributed by atoms with Crippen LogP contribution in [0.1, 0.15) is 34.6 Å². The Morgan fingerprint density at radius 2 is 1.36 bits per heavy atom. The predicted octanol–water partition coefficient (Wildman–Crippen LogP) is 2.15. The highest BCUT2D eigenvalue weighted by Gasteiger charge is 2.22. The van der Waals surface area contributed by atoms with E-state index in [1.165, 1.54) is 0 Å². The van der Waals surface area contributed by atoms with Crippen molar-refractivity contribution in [2.75, 3.05) is 14.1 Å². The predicted molar refractivity (Wildman–Crippen MR) is 49.5 cm³/mol. The van der Waals surface area contributed by atoms with E-state index in [0.29, 0.717) is 0 Å². The fraction of sp³-hybridized carbons (Fsp3) is 0.889. The zero-order chi connectivity index (χ0) is 9.65. The van der Waals surface area contributed by atoms with Crippen LogP contribution in [0.15, 0.2) is 0 Å². The lowest BCUT2D eigenvalue weighted by atomic mass is 9.95. The van der Waals surface area contributed by atoms with Crippen LogP contribution in [0.25, 0.3) is 0 Å². The van der Waals surface area contributed by atoms with Crippen molar-refractivity contribution in [3.05, 3.63) is 0 Å². The minimum absolute atomic E-state index is 0.169. The zero-order valence-corrected chi connectivity index (χ0v) is 8.86. The summed E-state index contributed by atoms with van der Waals surface area (Å²) in [6, 6.07) is 0. The highest BCUT2D eigenvalue weighted by Crippen LogP contribution is 2.14. The first kappa shape index (κ1) is 13.1. The van der Waals surface area contributed by atoms with Crippen molar-refractivity contribution in [1.82, 2.24) is 4.90 Å². The average Bonchev–Trinajstić information content (AvgIpc) is 1.89. The van der Waals surface area contributed by atoms with E-state index < -0.39 is 0 Å².